The second-order valence-electron chi connectivity index (χ2n) is 5.20. The highest BCUT2D eigenvalue weighted by atomic mass is 16.5. The summed E-state index contributed by atoms with van der Waals surface area (Å²) in [7, 11) is 0. The summed E-state index contributed by atoms with van der Waals surface area (Å²) in [6, 6.07) is 20.0. The second-order valence-corrected chi connectivity index (χ2v) is 5.20. The number of aryl methyl sites for hydroxylation is 1. The summed E-state index contributed by atoms with van der Waals surface area (Å²) >= 11 is 0. The van der Waals surface area contributed by atoms with Crippen molar-refractivity contribution in [1.82, 2.24) is 5.32 Å². The first-order valence-electron chi connectivity index (χ1n) is 7.77. The fraction of sp³-hybridized carbons (Fsp3) is 0.316. The van der Waals surface area contributed by atoms with Gasteiger partial charge in [-0.3, -0.25) is 4.79 Å². The van der Waals surface area contributed by atoms with Gasteiger partial charge in [0.05, 0.1) is 6.61 Å². The lowest BCUT2D eigenvalue weighted by molar-refractivity contribution is -0.145. The molecular weight excluding hydrogens is 274 g/mol. The van der Waals surface area contributed by atoms with E-state index in [0.717, 1.165) is 18.4 Å². The lowest BCUT2D eigenvalue weighted by Gasteiger charge is -2.17. The van der Waals surface area contributed by atoms with Crippen LogP contribution in [0.4, 0.5) is 0 Å². The Hall–Kier alpha value is -2.13. The number of hydrogen-bond donors (Lipinski definition) is 1. The number of nitrogens with one attached hydrogen (secondary N) is 1. The van der Waals surface area contributed by atoms with Crippen LogP contribution in [-0.4, -0.2) is 18.6 Å². The minimum absolute atomic E-state index is 0.172. The summed E-state index contributed by atoms with van der Waals surface area (Å²) in [5.74, 6) is -0.172. The SMILES string of the molecule is CCOC(=O)C(CCc1ccccc1)NCc1ccccc1. The molecule has 0 fully saturated rings. The van der Waals surface area contributed by atoms with Crippen molar-refractivity contribution < 1.29 is 9.53 Å². The van der Waals surface area contributed by atoms with Crippen LogP contribution in [0.1, 0.15) is 24.5 Å². The van der Waals surface area contributed by atoms with Crippen molar-refractivity contribution in [3.8, 4) is 0 Å². The van der Waals surface area contributed by atoms with Crippen molar-refractivity contribution in [2.75, 3.05) is 6.61 Å². The molecule has 1 atom stereocenters. The second kappa shape index (κ2) is 9.00. The fourth-order valence-corrected chi connectivity index (χ4v) is 2.34. The zero-order chi connectivity index (χ0) is 15.6. The number of hydrogen-bond acceptors (Lipinski definition) is 3. The molecule has 0 aromatic heterocycles. The van der Waals surface area contributed by atoms with Crippen molar-refractivity contribution in [3.05, 3.63) is 71.8 Å². The largest absolute Gasteiger partial charge is 0.465 e. The standard InChI is InChI=1S/C19H23NO2/c1-2-22-19(21)18(14-13-16-9-5-3-6-10-16)20-15-17-11-7-4-8-12-17/h3-12,18,20H,2,13-15H2,1H3. The zero-order valence-electron chi connectivity index (χ0n) is 13.0. The highest BCUT2D eigenvalue weighted by Gasteiger charge is 2.18. The van der Waals surface area contributed by atoms with Crippen LogP contribution in [0.5, 0.6) is 0 Å². The maximum absolute atomic E-state index is 12.1. The van der Waals surface area contributed by atoms with Crippen molar-refractivity contribution in [2.24, 2.45) is 0 Å². The van der Waals surface area contributed by atoms with Gasteiger partial charge in [0.1, 0.15) is 6.04 Å². The van der Waals surface area contributed by atoms with E-state index in [0.29, 0.717) is 13.2 Å². The summed E-state index contributed by atoms with van der Waals surface area (Å²) in [6.07, 6.45) is 1.59. The molecule has 3 heteroatoms. The molecule has 22 heavy (non-hydrogen) atoms. The average Bonchev–Trinajstić information content (AvgIpc) is 2.57. The zero-order valence-corrected chi connectivity index (χ0v) is 13.0. The van der Waals surface area contributed by atoms with Gasteiger partial charge in [-0.25, -0.2) is 0 Å². The Morgan fingerprint density at radius 3 is 2.18 bits per heavy atom. The minimum atomic E-state index is -0.277. The van der Waals surface area contributed by atoms with Gasteiger partial charge in [-0.05, 0) is 30.9 Å². The van der Waals surface area contributed by atoms with Crippen LogP contribution in [-0.2, 0) is 22.5 Å². The molecule has 1 unspecified atom stereocenters. The Balaban J connectivity index is 1.92. The van der Waals surface area contributed by atoms with Gasteiger partial charge in [0, 0.05) is 6.54 Å². The predicted molar refractivity (Wildman–Crippen MR) is 88.5 cm³/mol. The highest BCUT2D eigenvalue weighted by molar-refractivity contribution is 5.75. The lowest BCUT2D eigenvalue weighted by atomic mass is 10.0. The molecule has 3 nitrogen and oxygen atoms in total. The number of benzene rings is 2. The maximum Gasteiger partial charge on any atom is 0.323 e. The number of rotatable bonds is 8. The molecule has 0 saturated heterocycles. The third-order valence-corrected chi connectivity index (χ3v) is 3.53. The van der Waals surface area contributed by atoms with Crippen LogP contribution in [0, 0.1) is 0 Å². The maximum atomic E-state index is 12.1. The Kier molecular flexibility index (Phi) is 6.65. The van der Waals surface area contributed by atoms with E-state index >= 15 is 0 Å². The van der Waals surface area contributed by atoms with E-state index in [-0.39, 0.29) is 12.0 Å². The van der Waals surface area contributed by atoms with Gasteiger partial charge in [0.2, 0.25) is 0 Å². The van der Waals surface area contributed by atoms with Crippen molar-refractivity contribution >= 4 is 5.97 Å². The van der Waals surface area contributed by atoms with Crippen LogP contribution < -0.4 is 5.32 Å². The van der Waals surface area contributed by atoms with Gasteiger partial charge < -0.3 is 10.1 Å². The Labute approximate surface area is 132 Å². The molecule has 0 amide bonds. The van der Waals surface area contributed by atoms with Gasteiger partial charge in [-0.15, -0.1) is 0 Å². The van der Waals surface area contributed by atoms with E-state index in [1.165, 1.54) is 5.56 Å². The van der Waals surface area contributed by atoms with Crippen LogP contribution in [0.25, 0.3) is 0 Å². The van der Waals surface area contributed by atoms with Crippen molar-refractivity contribution in [1.29, 1.82) is 0 Å². The van der Waals surface area contributed by atoms with Crippen LogP contribution in [0.2, 0.25) is 0 Å². The summed E-state index contributed by atoms with van der Waals surface area (Å²) in [5.41, 5.74) is 2.40. The highest BCUT2D eigenvalue weighted by Crippen LogP contribution is 2.08. The summed E-state index contributed by atoms with van der Waals surface area (Å²) in [6.45, 7) is 2.91. The van der Waals surface area contributed by atoms with Crippen molar-refractivity contribution in [3.63, 3.8) is 0 Å². The number of carbonyl (C=O) groups excluding carboxylic acids is 1. The molecule has 0 radical (unpaired) electrons. The fourth-order valence-electron chi connectivity index (χ4n) is 2.34. The quantitative estimate of drug-likeness (QED) is 0.759. The normalized spacial score (nSPS) is 11.9. The van der Waals surface area contributed by atoms with Crippen LogP contribution >= 0.6 is 0 Å². The van der Waals surface area contributed by atoms with Gasteiger partial charge in [-0.2, -0.15) is 0 Å². The summed E-state index contributed by atoms with van der Waals surface area (Å²) in [4.78, 5) is 12.1. The Morgan fingerprint density at radius 1 is 1.00 bits per heavy atom. The third kappa shape index (κ3) is 5.34. The summed E-state index contributed by atoms with van der Waals surface area (Å²) in [5, 5.41) is 3.32. The first-order chi connectivity index (χ1) is 10.8. The summed E-state index contributed by atoms with van der Waals surface area (Å²) < 4.78 is 5.18. The molecule has 2 aromatic carbocycles. The van der Waals surface area contributed by atoms with E-state index in [9.17, 15) is 4.79 Å². The van der Waals surface area contributed by atoms with Crippen molar-refractivity contribution in [2.45, 2.75) is 32.4 Å². The molecule has 0 aliphatic rings. The predicted octanol–water partition coefficient (Wildman–Crippen LogP) is 3.34. The number of ether oxygens (including phenoxy) is 1. The molecule has 0 spiro atoms. The molecule has 2 aromatic rings. The minimum Gasteiger partial charge on any atom is -0.465 e. The molecular formula is C19H23NO2. The molecule has 2 rings (SSSR count). The van der Waals surface area contributed by atoms with E-state index < -0.39 is 0 Å². The van der Waals surface area contributed by atoms with E-state index in [1.807, 2.05) is 55.5 Å². The third-order valence-electron chi connectivity index (χ3n) is 3.53. The molecule has 0 aliphatic heterocycles. The molecule has 0 saturated carbocycles. The van der Waals surface area contributed by atoms with E-state index in [4.69, 9.17) is 4.74 Å². The molecule has 0 aliphatic carbocycles. The number of carbonyl (C=O) groups is 1. The first kappa shape index (κ1) is 16.2. The molecule has 0 bridgehead atoms. The van der Waals surface area contributed by atoms with Gasteiger partial charge in [-0.1, -0.05) is 60.7 Å². The van der Waals surface area contributed by atoms with Gasteiger partial charge in [0.15, 0.2) is 0 Å². The Bertz CT molecular complexity index is 511. The van der Waals surface area contributed by atoms with E-state index in [1.54, 1.807) is 0 Å². The molecule has 1 N–H and O–H groups in total. The van der Waals surface area contributed by atoms with Crippen LogP contribution in [0.15, 0.2) is 60.7 Å². The van der Waals surface area contributed by atoms with Crippen LogP contribution in [0.3, 0.4) is 0 Å². The molecule has 116 valence electrons. The van der Waals surface area contributed by atoms with Gasteiger partial charge in [0.25, 0.3) is 0 Å². The smallest absolute Gasteiger partial charge is 0.323 e. The molecule has 0 heterocycles. The topological polar surface area (TPSA) is 38.3 Å². The van der Waals surface area contributed by atoms with Gasteiger partial charge >= 0.3 is 5.97 Å². The number of esters is 1. The lowest BCUT2D eigenvalue weighted by Crippen LogP contribution is -2.38. The first-order valence-corrected chi connectivity index (χ1v) is 7.77. The average molecular weight is 297 g/mol. The Morgan fingerprint density at radius 2 is 1.59 bits per heavy atom. The monoisotopic (exact) mass is 297 g/mol. The van der Waals surface area contributed by atoms with E-state index in [2.05, 4.69) is 17.4 Å².